The maximum Gasteiger partial charge on any atom is 0.364 e. The van der Waals surface area contributed by atoms with Crippen molar-refractivity contribution in [2.24, 2.45) is 11.8 Å². The SMILES string of the molecule is CC(=O)NC1[C@H](O[C@H]2C(CO)O[C@@H](O[C@@H]3C(CO)OC(C)C(O)[C@H]3O)C(O)[C@H]2O[C@]2(C(=O)O)CC(O)[C@@H](C)[C@H]([C@H](O)[C@H](O)CO)O2)OC(CO)[C@H](O)[C@@H]1O[C@@H]1OC(CO)[C@H](O)[C@H](O[C@]2(C(=O)O)CC(O)[C@@H](C)[C@H]([C@H](O)[C@H](O)CO)O2)C1O. The number of amides is 1. The summed E-state index contributed by atoms with van der Waals surface area (Å²) < 4.78 is 64.6. The van der Waals surface area contributed by atoms with E-state index in [0.717, 1.165) is 6.92 Å². The number of carboxylic acids is 2. The average molecular weight is 1200 g/mol. The number of aliphatic carboxylic acids is 2. The van der Waals surface area contributed by atoms with Crippen LogP contribution < -0.4 is 5.32 Å². The number of rotatable bonds is 23. The lowest BCUT2D eigenvalue weighted by Gasteiger charge is -2.53. The summed E-state index contributed by atoms with van der Waals surface area (Å²) in [6, 6.07) is -2.01. The zero-order valence-electron chi connectivity index (χ0n) is 44.6. The van der Waals surface area contributed by atoms with Gasteiger partial charge < -0.3 is 160 Å². The van der Waals surface area contributed by atoms with Crippen molar-refractivity contribution in [1.29, 1.82) is 0 Å². The molecule has 0 aromatic carbocycles. The van der Waals surface area contributed by atoms with Crippen LogP contribution in [0.5, 0.6) is 0 Å². The molecule has 0 saturated carbocycles. The fraction of sp³-hybridized carbons (Fsp3) is 0.936. The van der Waals surface area contributed by atoms with E-state index in [1.165, 1.54) is 20.8 Å². The first-order valence-electron chi connectivity index (χ1n) is 26.4. The average Bonchev–Trinajstić information content (AvgIpc) is 2.66. The number of aliphatic hydroxyl groups excluding tert-OH is 18. The van der Waals surface area contributed by atoms with Crippen molar-refractivity contribution < 1.29 is 169 Å². The van der Waals surface area contributed by atoms with Gasteiger partial charge in [-0.25, -0.2) is 9.59 Å². The number of ether oxygens (including phenoxy) is 11. The summed E-state index contributed by atoms with van der Waals surface area (Å²) in [5.74, 6) is -13.8. The van der Waals surface area contributed by atoms with Crippen molar-refractivity contribution in [3.8, 4) is 0 Å². The summed E-state index contributed by atoms with van der Waals surface area (Å²) >= 11 is 0. The minimum atomic E-state index is -3.23. The molecule has 11 unspecified atom stereocenters. The second-order valence-electron chi connectivity index (χ2n) is 21.4. The van der Waals surface area contributed by atoms with Gasteiger partial charge in [-0.3, -0.25) is 4.79 Å². The molecule has 0 bridgehead atoms. The Morgan fingerprint density at radius 3 is 1.33 bits per heavy atom. The number of carbonyl (C=O) groups is 3. The van der Waals surface area contributed by atoms with Gasteiger partial charge in [-0.15, -0.1) is 0 Å². The maximum atomic E-state index is 13.5. The summed E-state index contributed by atoms with van der Waals surface area (Å²) in [5, 5.41) is 219. The molecule has 6 aliphatic heterocycles. The molecule has 0 aromatic rings. The standard InChI is InChI=1S/C47H79NO34/c1-13-17(56)5-46(44(68)69,79-34(13)27(61)19(58)7-49)81-39-30(64)22(10-52)74-42(32(39)66)78-38-25(48-16(4)55)41(73-21(9-51)29(38)63)77-37-24(12-54)75-43(76-36-23(11-53)72-15(3)26(60)31(36)65)33(67)40(37)82-47(45(70)71)6-18(57)14(2)35(80-47)28(62)20(59)8-50/h13-15,17-43,49-54,56-67H,5-12H2,1-4H3,(H,48,55)(H,68,69)(H,70,71)/t13-,14-,15?,17?,18?,19-,20-,21?,22?,23?,24?,25?,26?,27-,28-,29+,30+,31-,32?,33?,34-,35-,36-,37+,38-,39+,40-,41+,42+,43+,46+,47+/m1/s1. The molecule has 0 radical (unpaired) electrons. The van der Waals surface area contributed by atoms with Crippen LogP contribution >= 0.6 is 0 Å². The van der Waals surface area contributed by atoms with E-state index >= 15 is 0 Å². The summed E-state index contributed by atoms with van der Waals surface area (Å²) in [7, 11) is 0. The van der Waals surface area contributed by atoms with Crippen molar-refractivity contribution >= 4 is 17.8 Å². The number of hydrogen-bond donors (Lipinski definition) is 21. The molecule has 6 saturated heterocycles. The van der Waals surface area contributed by atoms with Gasteiger partial charge >= 0.3 is 11.9 Å². The summed E-state index contributed by atoms with van der Waals surface area (Å²) in [6.07, 6.45) is -56.2. The normalized spacial score (nSPS) is 47.2. The van der Waals surface area contributed by atoms with Gasteiger partial charge in [0.25, 0.3) is 11.6 Å². The molecule has 6 rings (SSSR count). The van der Waals surface area contributed by atoms with Crippen LogP contribution in [0.3, 0.4) is 0 Å². The van der Waals surface area contributed by atoms with Crippen molar-refractivity contribution in [2.75, 3.05) is 39.6 Å². The minimum Gasteiger partial charge on any atom is -0.477 e. The molecular weight excluding hydrogens is 1120 g/mol. The van der Waals surface area contributed by atoms with E-state index in [1.807, 2.05) is 0 Å². The topological polar surface area (TPSA) is 569 Å². The van der Waals surface area contributed by atoms with Crippen LogP contribution in [0, 0.1) is 11.8 Å². The van der Waals surface area contributed by atoms with E-state index in [-0.39, 0.29) is 0 Å². The molecule has 476 valence electrons. The highest BCUT2D eigenvalue weighted by Crippen LogP contribution is 2.43. The molecule has 0 spiro atoms. The highest BCUT2D eigenvalue weighted by Gasteiger charge is 2.63. The number of hydrogen-bond acceptors (Lipinski definition) is 32. The molecule has 0 aromatic heterocycles. The molecule has 82 heavy (non-hydrogen) atoms. The summed E-state index contributed by atoms with van der Waals surface area (Å²) in [5.41, 5.74) is 0. The number of nitrogens with one attached hydrogen (secondary N) is 1. The molecule has 35 nitrogen and oxygen atoms in total. The Morgan fingerprint density at radius 1 is 0.500 bits per heavy atom. The Labute approximate surface area is 466 Å². The van der Waals surface area contributed by atoms with Gasteiger partial charge in [-0.05, 0) is 6.92 Å². The first-order valence-corrected chi connectivity index (χ1v) is 26.4. The molecule has 6 fully saturated rings. The Balaban J connectivity index is 1.40. The predicted octanol–water partition coefficient (Wildman–Crippen LogP) is -11.9. The number of carboxylic acid groups (broad SMARTS) is 2. The van der Waals surface area contributed by atoms with Crippen LogP contribution in [0.1, 0.15) is 40.5 Å². The van der Waals surface area contributed by atoms with Gasteiger partial charge in [-0.2, -0.15) is 0 Å². The monoisotopic (exact) mass is 1200 g/mol. The van der Waals surface area contributed by atoms with E-state index < -0.39 is 265 Å². The molecule has 21 N–H and O–H groups in total. The number of aliphatic hydroxyl groups is 18. The second kappa shape index (κ2) is 28.4. The van der Waals surface area contributed by atoms with Crippen LogP contribution in [-0.2, 0) is 66.5 Å². The van der Waals surface area contributed by atoms with Crippen molar-refractivity contribution in [1.82, 2.24) is 5.32 Å². The lowest BCUT2D eigenvalue weighted by molar-refractivity contribution is -0.404. The number of carbonyl (C=O) groups excluding carboxylic acids is 1. The highest BCUT2D eigenvalue weighted by molar-refractivity contribution is 5.76. The van der Waals surface area contributed by atoms with Crippen LogP contribution in [0.4, 0.5) is 0 Å². The zero-order valence-corrected chi connectivity index (χ0v) is 44.6. The van der Waals surface area contributed by atoms with Crippen LogP contribution in [0.2, 0.25) is 0 Å². The Bertz CT molecular complexity index is 2070. The largest absolute Gasteiger partial charge is 0.477 e. The minimum absolute atomic E-state index is 0.876. The van der Waals surface area contributed by atoms with E-state index in [2.05, 4.69) is 5.32 Å². The van der Waals surface area contributed by atoms with Crippen LogP contribution in [0.15, 0.2) is 0 Å². The first kappa shape index (κ1) is 68.4. The quantitative estimate of drug-likeness (QED) is 0.0452. The fourth-order valence-corrected chi connectivity index (χ4v) is 10.9. The zero-order chi connectivity index (χ0) is 61.2. The third kappa shape index (κ3) is 14.0. The van der Waals surface area contributed by atoms with Crippen molar-refractivity contribution in [3.63, 3.8) is 0 Å². The molecule has 35 heteroatoms. The van der Waals surface area contributed by atoms with Gasteiger partial charge in [-0.1, -0.05) is 13.8 Å². The van der Waals surface area contributed by atoms with E-state index in [1.54, 1.807) is 0 Å². The van der Waals surface area contributed by atoms with Crippen molar-refractivity contribution in [2.45, 2.75) is 224 Å². The Kier molecular flexibility index (Phi) is 23.7. The van der Waals surface area contributed by atoms with Gasteiger partial charge in [0.05, 0.1) is 70.2 Å². The fourth-order valence-electron chi connectivity index (χ4n) is 10.9. The highest BCUT2D eigenvalue weighted by atomic mass is 16.8. The first-order chi connectivity index (χ1) is 38.5. The third-order valence-corrected chi connectivity index (χ3v) is 15.8. The predicted molar refractivity (Wildman–Crippen MR) is 255 cm³/mol. The Morgan fingerprint density at radius 2 is 0.890 bits per heavy atom. The molecule has 6 heterocycles. The van der Waals surface area contributed by atoms with E-state index in [0.29, 0.717) is 0 Å². The summed E-state index contributed by atoms with van der Waals surface area (Å²) in [4.78, 5) is 39.6. The Hall–Kier alpha value is -2.75. The van der Waals surface area contributed by atoms with Gasteiger partial charge in [0.2, 0.25) is 5.91 Å². The van der Waals surface area contributed by atoms with E-state index in [9.17, 15) is 117 Å². The van der Waals surface area contributed by atoms with Gasteiger partial charge in [0.1, 0.15) is 122 Å². The molecule has 6 aliphatic rings. The molecular formula is C47H79NO34. The van der Waals surface area contributed by atoms with Crippen LogP contribution in [0.25, 0.3) is 0 Å². The molecule has 1 amide bonds. The summed E-state index contributed by atoms with van der Waals surface area (Å²) in [6.45, 7) is -1.73. The van der Waals surface area contributed by atoms with E-state index in [4.69, 9.17) is 52.1 Å². The van der Waals surface area contributed by atoms with Gasteiger partial charge in [0.15, 0.2) is 18.9 Å². The lowest BCUT2D eigenvalue weighted by Crippen LogP contribution is -2.71. The van der Waals surface area contributed by atoms with Gasteiger partial charge in [0, 0.05) is 31.6 Å². The second-order valence-corrected chi connectivity index (χ2v) is 21.4. The molecule has 0 aliphatic carbocycles. The third-order valence-electron chi connectivity index (χ3n) is 15.8. The van der Waals surface area contributed by atoms with Crippen molar-refractivity contribution in [3.05, 3.63) is 0 Å². The maximum absolute atomic E-state index is 13.5. The smallest absolute Gasteiger partial charge is 0.364 e. The lowest BCUT2D eigenvalue weighted by atomic mass is 9.84. The van der Waals surface area contributed by atoms with Crippen LogP contribution in [-0.4, -0.2) is 343 Å². The molecule has 32 atom stereocenters.